The third-order valence-electron chi connectivity index (χ3n) is 4.57. The normalized spacial score (nSPS) is 20.9. The van der Waals surface area contributed by atoms with E-state index in [1.807, 2.05) is 0 Å². The maximum atomic E-state index is 11.9. The lowest BCUT2D eigenvalue weighted by Crippen LogP contribution is -2.40. The molecule has 0 aliphatic carbocycles. The van der Waals surface area contributed by atoms with Gasteiger partial charge in [-0.2, -0.15) is 0 Å². The lowest BCUT2D eigenvalue weighted by atomic mass is 9.99. The Morgan fingerprint density at radius 2 is 2.08 bits per heavy atom. The van der Waals surface area contributed by atoms with Gasteiger partial charge < -0.3 is 19.9 Å². The number of methoxy groups -OCH3 is 1. The molecule has 2 atom stereocenters. The number of likely N-dealkylation sites (tertiary alicyclic amines) is 1. The monoisotopic (exact) mass is 346 g/mol. The Bertz CT molecular complexity index is 615. The number of rotatable bonds is 5. The van der Waals surface area contributed by atoms with Crippen LogP contribution in [0.15, 0.2) is 29.3 Å². The first-order valence-electron chi connectivity index (χ1n) is 8.70. The number of esters is 1. The highest BCUT2D eigenvalue weighted by Gasteiger charge is 2.36. The Morgan fingerprint density at radius 3 is 2.72 bits per heavy atom. The number of carbonyl (C=O) groups is 1. The summed E-state index contributed by atoms with van der Waals surface area (Å²) >= 11 is 0. The van der Waals surface area contributed by atoms with Crippen molar-refractivity contribution in [3.05, 3.63) is 35.4 Å². The predicted molar refractivity (Wildman–Crippen MR) is 100 cm³/mol. The van der Waals surface area contributed by atoms with E-state index in [9.17, 15) is 4.79 Å². The number of aliphatic imine (C=N–C) groups is 1. The second kappa shape index (κ2) is 8.85. The van der Waals surface area contributed by atoms with Gasteiger partial charge in [0.25, 0.3) is 0 Å². The topological polar surface area (TPSA) is 57.2 Å². The molecule has 6 heteroatoms. The van der Waals surface area contributed by atoms with Crippen molar-refractivity contribution in [1.82, 2.24) is 15.1 Å². The first kappa shape index (κ1) is 19.2. The smallest absolute Gasteiger partial charge is 0.310 e. The van der Waals surface area contributed by atoms with E-state index in [0.29, 0.717) is 13.1 Å². The zero-order valence-electron chi connectivity index (χ0n) is 16.0. The molecule has 0 aromatic heterocycles. The Balaban J connectivity index is 1.96. The molecule has 6 nitrogen and oxygen atoms in total. The molecule has 0 radical (unpaired) electrons. The van der Waals surface area contributed by atoms with Gasteiger partial charge in [0.1, 0.15) is 0 Å². The molecule has 2 rings (SSSR count). The zero-order chi connectivity index (χ0) is 18.4. The van der Waals surface area contributed by atoms with Crippen LogP contribution in [0, 0.1) is 11.8 Å². The van der Waals surface area contributed by atoms with Crippen LogP contribution in [0.3, 0.4) is 0 Å². The van der Waals surface area contributed by atoms with E-state index in [1.54, 1.807) is 7.05 Å². The molecule has 0 bridgehead atoms. The van der Waals surface area contributed by atoms with Gasteiger partial charge in [-0.25, -0.2) is 0 Å². The van der Waals surface area contributed by atoms with E-state index in [1.165, 1.54) is 18.2 Å². The van der Waals surface area contributed by atoms with Gasteiger partial charge in [-0.15, -0.1) is 0 Å². The van der Waals surface area contributed by atoms with Crippen molar-refractivity contribution >= 4 is 11.9 Å². The molecular formula is C19H30N4O2. The summed E-state index contributed by atoms with van der Waals surface area (Å²) in [5.74, 6) is 0.861. The van der Waals surface area contributed by atoms with E-state index in [2.05, 4.69) is 65.4 Å². The summed E-state index contributed by atoms with van der Waals surface area (Å²) in [6, 6.07) is 8.55. The molecule has 1 aliphatic heterocycles. The van der Waals surface area contributed by atoms with Crippen LogP contribution in [0.5, 0.6) is 0 Å². The fourth-order valence-corrected chi connectivity index (χ4v) is 3.31. The van der Waals surface area contributed by atoms with Gasteiger partial charge in [-0.05, 0) is 31.1 Å². The van der Waals surface area contributed by atoms with Crippen LogP contribution in [0.1, 0.15) is 18.1 Å². The molecule has 25 heavy (non-hydrogen) atoms. The van der Waals surface area contributed by atoms with Crippen molar-refractivity contribution in [2.75, 3.05) is 41.3 Å². The van der Waals surface area contributed by atoms with Crippen LogP contribution in [0.25, 0.3) is 0 Å². The third kappa shape index (κ3) is 5.19. The van der Waals surface area contributed by atoms with Gasteiger partial charge in [-0.3, -0.25) is 9.79 Å². The molecule has 0 spiro atoms. The molecule has 1 aliphatic rings. The fourth-order valence-electron chi connectivity index (χ4n) is 3.31. The average molecular weight is 346 g/mol. The minimum atomic E-state index is -0.137. The summed E-state index contributed by atoms with van der Waals surface area (Å²) in [6.45, 7) is 5.17. The van der Waals surface area contributed by atoms with Crippen LogP contribution in [-0.2, 0) is 22.6 Å². The van der Waals surface area contributed by atoms with Gasteiger partial charge in [-0.1, -0.05) is 31.2 Å². The summed E-state index contributed by atoms with van der Waals surface area (Å²) in [4.78, 5) is 20.5. The highest BCUT2D eigenvalue weighted by molar-refractivity contribution is 5.82. The van der Waals surface area contributed by atoms with Crippen LogP contribution in [0.4, 0.5) is 0 Å². The molecule has 2 unspecified atom stereocenters. The van der Waals surface area contributed by atoms with Crippen LogP contribution in [0.2, 0.25) is 0 Å². The number of benzene rings is 1. The molecule has 1 saturated heterocycles. The molecule has 138 valence electrons. The lowest BCUT2D eigenvalue weighted by molar-refractivity contribution is -0.145. The summed E-state index contributed by atoms with van der Waals surface area (Å²) < 4.78 is 4.91. The van der Waals surface area contributed by atoms with Crippen molar-refractivity contribution in [1.29, 1.82) is 0 Å². The summed E-state index contributed by atoms with van der Waals surface area (Å²) in [5, 5.41) is 3.42. The number of guanidine groups is 1. The Hall–Kier alpha value is -2.08. The SMILES string of the molecule is CN=C(NCc1cccc(CN(C)C)c1)N1CC(C)C(C(=O)OC)C1. The van der Waals surface area contributed by atoms with E-state index in [0.717, 1.165) is 19.0 Å². The van der Waals surface area contributed by atoms with Gasteiger partial charge in [0, 0.05) is 33.2 Å². The highest BCUT2D eigenvalue weighted by Crippen LogP contribution is 2.24. The Kier molecular flexibility index (Phi) is 6.82. The second-order valence-corrected chi connectivity index (χ2v) is 6.97. The Morgan fingerprint density at radius 1 is 1.36 bits per heavy atom. The molecular weight excluding hydrogens is 316 g/mol. The molecule has 1 heterocycles. The second-order valence-electron chi connectivity index (χ2n) is 6.97. The number of ether oxygens (including phenoxy) is 1. The summed E-state index contributed by atoms with van der Waals surface area (Å²) in [7, 11) is 7.37. The first-order chi connectivity index (χ1) is 11.9. The zero-order valence-corrected chi connectivity index (χ0v) is 16.0. The molecule has 1 aromatic rings. The van der Waals surface area contributed by atoms with E-state index >= 15 is 0 Å². The quantitative estimate of drug-likeness (QED) is 0.498. The van der Waals surface area contributed by atoms with Crippen molar-refractivity contribution in [2.45, 2.75) is 20.0 Å². The van der Waals surface area contributed by atoms with Crippen LogP contribution >= 0.6 is 0 Å². The van der Waals surface area contributed by atoms with Crippen LogP contribution < -0.4 is 5.32 Å². The van der Waals surface area contributed by atoms with Crippen molar-refractivity contribution in [3.63, 3.8) is 0 Å². The van der Waals surface area contributed by atoms with Crippen molar-refractivity contribution in [2.24, 2.45) is 16.8 Å². The van der Waals surface area contributed by atoms with Gasteiger partial charge in [0.2, 0.25) is 0 Å². The summed E-state index contributed by atoms with van der Waals surface area (Å²) in [6.07, 6.45) is 0. The molecule has 0 amide bonds. The maximum Gasteiger partial charge on any atom is 0.310 e. The largest absolute Gasteiger partial charge is 0.469 e. The standard InChI is InChI=1S/C19H30N4O2/c1-14-11-23(13-17(14)18(24)25-5)19(20-2)21-10-15-7-6-8-16(9-15)12-22(3)4/h6-9,14,17H,10-13H2,1-5H3,(H,20,21). The van der Waals surface area contributed by atoms with Crippen molar-refractivity contribution in [3.8, 4) is 0 Å². The van der Waals surface area contributed by atoms with Gasteiger partial charge in [0.05, 0.1) is 13.0 Å². The number of nitrogens with one attached hydrogen (secondary N) is 1. The number of carbonyl (C=O) groups excluding carboxylic acids is 1. The van der Waals surface area contributed by atoms with E-state index in [4.69, 9.17) is 4.74 Å². The maximum absolute atomic E-state index is 11.9. The van der Waals surface area contributed by atoms with E-state index < -0.39 is 0 Å². The minimum Gasteiger partial charge on any atom is -0.469 e. The number of hydrogen-bond acceptors (Lipinski definition) is 4. The van der Waals surface area contributed by atoms with E-state index in [-0.39, 0.29) is 17.8 Å². The predicted octanol–water partition coefficient (Wildman–Crippen LogP) is 1.56. The lowest BCUT2D eigenvalue weighted by Gasteiger charge is -2.21. The number of nitrogens with zero attached hydrogens (tertiary/aromatic N) is 3. The van der Waals surface area contributed by atoms with Crippen molar-refractivity contribution < 1.29 is 9.53 Å². The van der Waals surface area contributed by atoms with Gasteiger partial charge in [0.15, 0.2) is 5.96 Å². The van der Waals surface area contributed by atoms with Crippen LogP contribution in [-0.4, -0.2) is 63.1 Å². The molecule has 0 saturated carbocycles. The minimum absolute atomic E-state index is 0.0908. The van der Waals surface area contributed by atoms with Gasteiger partial charge >= 0.3 is 5.97 Å². The fraction of sp³-hybridized carbons (Fsp3) is 0.579. The highest BCUT2D eigenvalue weighted by atomic mass is 16.5. The number of hydrogen-bond donors (Lipinski definition) is 1. The average Bonchev–Trinajstić information content (AvgIpc) is 2.96. The molecule has 1 fully saturated rings. The first-order valence-corrected chi connectivity index (χ1v) is 8.70. The Labute approximate surface area is 150 Å². The molecule has 1 N–H and O–H groups in total. The third-order valence-corrected chi connectivity index (χ3v) is 4.57. The summed E-state index contributed by atoms with van der Waals surface area (Å²) in [5.41, 5.74) is 2.51. The molecule has 1 aromatic carbocycles.